The Kier molecular flexibility index (Phi) is 5.01. The average molecular weight is 255 g/mol. The van der Waals surface area contributed by atoms with Crippen LogP contribution < -0.4 is 5.32 Å². The van der Waals surface area contributed by atoms with Gasteiger partial charge in [0.15, 0.2) is 0 Å². The van der Waals surface area contributed by atoms with Crippen molar-refractivity contribution in [3.8, 4) is 0 Å². The van der Waals surface area contributed by atoms with Gasteiger partial charge in [-0.2, -0.15) is 0 Å². The molecule has 0 radical (unpaired) electrons. The Balaban J connectivity index is 1.77. The quantitative estimate of drug-likeness (QED) is 0.781. The van der Waals surface area contributed by atoms with Gasteiger partial charge in [0, 0.05) is 12.6 Å². The lowest BCUT2D eigenvalue weighted by atomic mass is 9.78. The van der Waals surface area contributed by atoms with Gasteiger partial charge in [-0.3, -0.25) is 4.79 Å². The summed E-state index contributed by atoms with van der Waals surface area (Å²) in [5.74, 6) is -0.151. The zero-order chi connectivity index (χ0) is 12.8. The number of rotatable bonds is 4. The van der Waals surface area contributed by atoms with Crippen molar-refractivity contribution < 1.29 is 14.3 Å². The number of carbonyl (C=O) groups is 1. The van der Waals surface area contributed by atoms with E-state index in [-0.39, 0.29) is 11.6 Å². The summed E-state index contributed by atoms with van der Waals surface area (Å²) in [4.78, 5) is 11.3. The molecule has 18 heavy (non-hydrogen) atoms. The molecule has 2 rings (SSSR count). The van der Waals surface area contributed by atoms with E-state index in [2.05, 4.69) is 5.32 Å². The van der Waals surface area contributed by atoms with Crippen LogP contribution in [-0.2, 0) is 14.3 Å². The van der Waals surface area contributed by atoms with Crippen molar-refractivity contribution in [1.82, 2.24) is 5.32 Å². The second kappa shape index (κ2) is 6.53. The van der Waals surface area contributed by atoms with Gasteiger partial charge in [-0.05, 0) is 32.6 Å². The van der Waals surface area contributed by atoms with Crippen LogP contribution in [0.5, 0.6) is 0 Å². The first-order valence-corrected chi connectivity index (χ1v) is 7.27. The number of hydrogen-bond acceptors (Lipinski definition) is 4. The van der Waals surface area contributed by atoms with Crippen LogP contribution in [-0.4, -0.2) is 37.4 Å². The fraction of sp³-hybridized carbons (Fsp3) is 0.929. The molecule has 0 amide bonds. The predicted octanol–water partition coefficient (Wildman–Crippen LogP) is 2.02. The molecule has 2 fully saturated rings. The largest absolute Gasteiger partial charge is 0.465 e. The molecule has 1 N–H and O–H groups in total. The van der Waals surface area contributed by atoms with E-state index in [0.717, 1.165) is 19.4 Å². The third-order valence-electron chi connectivity index (χ3n) is 4.10. The molecule has 1 unspecified atom stereocenters. The lowest BCUT2D eigenvalue weighted by molar-refractivity contribution is -0.143. The minimum atomic E-state index is -0.151. The molecule has 2 aliphatic rings. The van der Waals surface area contributed by atoms with Crippen molar-refractivity contribution in [2.75, 3.05) is 19.8 Å². The molecular weight excluding hydrogens is 230 g/mol. The van der Waals surface area contributed by atoms with E-state index in [1.54, 1.807) is 0 Å². The van der Waals surface area contributed by atoms with Crippen molar-refractivity contribution in [2.45, 2.75) is 63.5 Å². The number of hydrogen-bond donors (Lipinski definition) is 1. The normalized spacial score (nSPS) is 27.1. The lowest BCUT2D eigenvalue weighted by Crippen LogP contribution is -2.49. The highest BCUT2D eigenvalue weighted by Gasteiger charge is 2.38. The van der Waals surface area contributed by atoms with E-state index in [9.17, 15) is 4.79 Å². The molecular formula is C14H25NO3. The zero-order valence-electron chi connectivity index (χ0n) is 11.4. The Hall–Kier alpha value is -0.610. The van der Waals surface area contributed by atoms with Crippen molar-refractivity contribution in [3.63, 3.8) is 0 Å². The summed E-state index contributed by atoms with van der Waals surface area (Å²) in [6.07, 6.45) is 8.32. The van der Waals surface area contributed by atoms with Crippen LogP contribution in [0.25, 0.3) is 0 Å². The lowest BCUT2D eigenvalue weighted by Gasteiger charge is -2.43. The molecule has 1 spiro atoms. The van der Waals surface area contributed by atoms with E-state index in [1.165, 1.54) is 32.1 Å². The minimum Gasteiger partial charge on any atom is -0.465 e. The van der Waals surface area contributed by atoms with Gasteiger partial charge in [-0.25, -0.2) is 0 Å². The van der Waals surface area contributed by atoms with Crippen LogP contribution in [0.1, 0.15) is 51.9 Å². The van der Waals surface area contributed by atoms with Gasteiger partial charge in [0.25, 0.3) is 0 Å². The molecule has 104 valence electrons. The fourth-order valence-electron chi connectivity index (χ4n) is 3.19. The predicted molar refractivity (Wildman–Crippen MR) is 69.4 cm³/mol. The highest BCUT2D eigenvalue weighted by atomic mass is 16.5. The molecule has 0 aromatic carbocycles. The van der Waals surface area contributed by atoms with E-state index in [4.69, 9.17) is 9.47 Å². The Morgan fingerprint density at radius 2 is 2.17 bits per heavy atom. The van der Waals surface area contributed by atoms with E-state index in [1.807, 2.05) is 6.92 Å². The Labute approximate surface area is 109 Å². The van der Waals surface area contributed by atoms with Gasteiger partial charge >= 0.3 is 5.97 Å². The van der Waals surface area contributed by atoms with E-state index < -0.39 is 0 Å². The smallest absolute Gasteiger partial charge is 0.319 e. The van der Waals surface area contributed by atoms with Crippen molar-refractivity contribution >= 4 is 5.97 Å². The molecule has 0 bridgehead atoms. The van der Waals surface area contributed by atoms with Crippen molar-refractivity contribution in [3.05, 3.63) is 0 Å². The Morgan fingerprint density at radius 1 is 1.39 bits per heavy atom. The molecule has 1 saturated carbocycles. The summed E-state index contributed by atoms with van der Waals surface area (Å²) < 4.78 is 11.0. The molecule has 0 aromatic rings. The van der Waals surface area contributed by atoms with Crippen molar-refractivity contribution in [1.29, 1.82) is 0 Å². The number of nitrogens with one attached hydrogen (secondary N) is 1. The van der Waals surface area contributed by atoms with Gasteiger partial charge in [0.2, 0.25) is 0 Å². The summed E-state index contributed by atoms with van der Waals surface area (Å²) in [6.45, 7) is 3.44. The summed E-state index contributed by atoms with van der Waals surface area (Å²) in [6, 6.07) is 0.404. The van der Waals surface area contributed by atoms with E-state index in [0.29, 0.717) is 19.2 Å². The topological polar surface area (TPSA) is 47.6 Å². The molecule has 4 nitrogen and oxygen atoms in total. The van der Waals surface area contributed by atoms with E-state index >= 15 is 0 Å². The Morgan fingerprint density at radius 3 is 2.89 bits per heavy atom. The van der Waals surface area contributed by atoms with Crippen LogP contribution in [0.15, 0.2) is 0 Å². The molecule has 1 heterocycles. The number of ether oxygens (including phenoxy) is 2. The number of esters is 1. The second-order valence-electron chi connectivity index (χ2n) is 5.47. The molecule has 0 aromatic heterocycles. The van der Waals surface area contributed by atoms with Crippen LogP contribution in [0.2, 0.25) is 0 Å². The van der Waals surface area contributed by atoms with Gasteiger partial charge < -0.3 is 14.8 Å². The van der Waals surface area contributed by atoms with Gasteiger partial charge in [0.05, 0.1) is 18.8 Å². The van der Waals surface area contributed by atoms with Gasteiger partial charge in [0.1, 0.15) is 0 Å². The maximum absolute atomic E-state index is 11.3. The summed E-state index contributed by atoms with van der Waals surface area (Å²) in [5.41, 5.74) is 0.100. The summed E-state index contributed by atoms with van der Waals surface area (Å²) in [7, 11) is 0. The summed E-state index contributed by atoms with van der Waals surface area (Å²) in [5, 5.41) is 3.32. The zero-order valence-corrected chi connectivity index (χ0v) is 11.4. The summed E-state index contributed by atoms with van der Waals surface area (Å²) >= 11 is 0. The standard InChI is InChI=1S/C14H25NO3/c1-2-17-13(16)11-15-12-6-9-18-14(10-12)7-4-3-5-8-14/h12,15H,2-11H2,1H3. The molecule has 1 saturated heterocycles. The average Bonchev–Trinajstić information content (AvgIpc) is 2.38. The first-order valence-electron chi connectivity index (χ1n) is 7.27. The third-order valence-corrected chi connectivity index (χ3v) is 4.10. The maximum atomic E-state index is 11.3. The first-order chi connectivity index (χ1) is 8.74. The second-order valence-corrected chi connectivity index (χ2v) is 5.47. The first kappa shape index (κ1) is 13.8. The Bertz CT molecular complexity index is 269. The maximum Gasteiger partial charge on any atom is 0.319 e. The SMILES string of the molecule is CCOC(=O)CNC1CCOC2(CCCCC2)C1. The number of carbonyl (C=O) groups excluding carboxylic acids is 1. The third kappa shape index (κ3) is 3.69. The van der Waals surface area contributed by atoms with Crippen LogP contribution in [0.4, 0.5) is 0 Å². The van der Waals surface area contributed by atoms with Crippen LogP contribution in [0, 0.1) is 0 Å². The van der Waals surface area contributed by atoms with Crippen LogP contribution in [0.3, 0.4) is 0 Å². The highest BCUT2D eigenvalue weighted by Crippen LogP contribution is 2.38. The molecule has 1 atom stereocenters. The van der Waals surface area contributed by atoms with Gasteiger partial charge in [-0.1, -0.05) is 19.3 Å². The monoisotopic (exact) mass is 255 g/mol. The fourth-order valence-corrected chi connectivity index (χ4v) is 3.19. The highest BCUT2D eigenvalue weighted by molar-refractivity contribution is 5.71. The minimum absolute atomic E-state index is 0.100. The molecule has 1 aliphatic heterocycles. The van der Waals surface area contributed by atoms with Crippen molar-refractivity contribution in [2.24, 2.45) is 0 Å². The van der Waals surface area contributed by atoms with Gasteiger partial charge in [-0.15, -0.1) is 0 Å². The molecule has 4 heteroatoms. The molecule has 1 aliphatic carbocycles. The van der Waals surface area contributed by atoms with Crippen LogP contribution >= 0.6 is 0 Å².